The van der Waals surface area contributed by atoms with Crippen molar-refractivity contribution >= 4 is 28.2 Å². The summed E-state index contributed by atoms with van der Waals surface area (Å²) in [4.78, 5) is 15.7. The molecule has 0 radical (unpaired) electrons. The fourth-order valence-corrected chi connectivity index (χ4v) is 5.19. The molecule has 2 N–H and O–H groups in total. The van der Waals surface area contributed by atoms with Crippen LogP contribution in [0.3, 0.4) is 0 Å². The number of anilines is 2. The summed E-state index contributed by atoms with van der Waals surface area (Å²) >= 11 is 0. The number of carbonyl (C=O) groups is 1. The molecule has 0 unspecified atom stereocenters. The molecule has 0 bridgehead atoms. The second kappa shape index (κ2) is 12.6. The van der Waals surface area contributed by atoms with Crippen LogP contribution in [0.2, 0.25) is 0 Å². The summed E-state index contributed by atoms with van der Waals surface area (Å²) in [6.07, 6.45) is 3.99. The second-order valence-corrected chi connectivity index (χ2v) is 11.2. The maximum Gasteiger partial charge on any atom is 0.323 e. The highest BCUT2D eigenvalue weighted by Crippen LogP contribution is 2.36. The summed E-state index contributed by atoms with van der Waals surface area (Å²) in [5.74, 6) is 0.732. The van der Waals surface area contributed by atoms with Gasteiger partial charge in [-0.05, 0) is 65.4 Å². The van der Waals surface area contributed by atoms with Gasteiger partial charge in [0.05, 0.1) is 31.7 Å². The van der Waals surface area contributed by atoms with E-state index in [9.17, 15) is 4.79 Å². The average molecular weight is 518 g/mol. The number of carbonyl (C=O) groups excluding carboxylic acids is 1. The van der Waals surface area contributed by atoms with Crippen LogP contribution in [0, 0.1) is 0 Å². The van der Waals surface area contributed by atoms with Gasteiger partial charge in [0.1, 0.15) is 5.75 Å². The Hall–Kier alpha value is -3.09. The third-order valence-electron chi connectivity index (χ3n) is 7.29. The average Bonchev–Trinajstić information content (AvgIpc) is 2.90. The number of urea groups is 1. The Kier molecular flexibility index (Phi) is 9.29. The van der Waals surface area contributed by atoms with Crippen LogP contribution >= 0.6 is 0 Å². The lowest BCUT2D eigenvalue weighted by molar-refractivity contribution is 0.0375. The molecule has 0 aliphatic carbocycles. The van der Waals surface area contributed by atoms with E-state index in [2.05, 4.69) is 73.6 Å². The highest BCUT2D eigenvalue weighted by atomic mass is 16.5. The van der Waals surface area contributed by atoms with Crippen LogP contribution < -0.4 is 15.4 Å². The van der Waals surface area contributed by atoms with E-state index in [-0.39, 0.29) is 11.4 Å². The monoisotopic (exact) mass is 517 g/mol. The number of nitrogens with one attached hydrogen (secondary N) is 2. The number of fused-ring (bicyclic) bond motifs is 1. The van der Waals surface area contributed by atoms with Crippen molar-refractivity contribution < 1.29 is 14.3 Å². The molecule has 0 aromatic heterocycles. The van der Waals surface area contributed by atoms with E-state index < -0.39 is 0 Å². The SMILES string of the molecule is CCCc1cc(C(C)(C)C)cc(NC(=O)Nc2ccc(CCCN3CCOCC3)c3ccccc23)c1OC. The van der Waals surface area contributed by atoms with Crippen molar-refractivity contribution in [1.82, 2.24) is 4.90 Å². The number of aryl methyl sites for hydroxylation is 2. The maximum atomic E-state index is 13.3. The van der Waals surface area contributed by atoms with Crippen LogP contribution in [0.25, 0.3) is 10.8 Å². The van der Waals surface area contributed by atoms with Gasteiger partial charge in [0.25, 0.3) is 0 Å². The molecule has 0 saturated carbocycles. The number of morpholine rings is 1. The molecule has 1 aliphatic heterocycles. The van der Waals surface area contributed by atoms with Gasteiger partial charge in [-0.15, -0.1) is 0 Å². The Morgan fingerprint density at radius 3 is 2.34 bits per heavy atom. The predicted octanol–water partition coefficient (Wildman–Crippen LogP) is 7.01. The second-order valence-electron chi connectivity index (χ2n) is 11.2. The first kappa shape index (κ1) is 27.9. The number of amides is 2. The van der Waals surface area contributed by atoms with Gasteiger partial charge in [-0.2, -0.15) is 0 Å². The Morgan fingerprint density at radius 2 is 1.66 bits per heavy atom. The van der Waals surface area contributed by atoms with Gasteiger partial charge >= 0.3 is 6.03 Å². The van der Waals surface area contributed by atoms with Gasteiger partial charge in [0, 0.05) is 18.5 Å². The highest BCUT2D eigenvalue weighted by molar-refractivity contribution is 6.07. The molecule has 4 rings (SSSR count). The molecule has 3 aromatic rings. The van der Waals surface area contributed by atoms with E-state index >= 15 is 0 Å². The molecule has 6 nitrogen and oxygen atoms in total. The molecule has 0 spiro atoms. The molecule has 1 aliphatic rings. The summed E-state index contributed by atoms with van der Waals surface area (Å²) < 4.78 is 11.2. The van der Waals surface area contributed by atoms with Crippen molar-refractivity contribution in [2.45, 2.75) is 58.8 Å². The van der Waals surface area contributed by atoms with Crippen LogP contribution in [0.4, 0.5) is 16.2 Å². The van der Waals surface area contributed by atoms with Gasteiger partial charge in [0.15, 0.2) is 0 Å². The molecule has 3 aromatic carbocycles. The number of ether oxygens (including phenoxy) is 2. The summed E-state index contributed by atoms with van der Waals surface area (Å²) in [6.45, 7) is 13.5. The number of rotatable bonds is 9. The quantitative estimate of drug-likeness (QED) is 0.321. The zero-order chi connectivity index (χ0) is 27.1. The van der Waals surface area contributed by atoms with Crippen LogP contribution in [0.5, 0.6) is 5.75 Å². The normalized spacial score (nSPS) is 14.4. The minimum atomic E-state index is -0.276. The molecular formula is C32H43N3O3. The van der Waals surface area contributed by atoms with E-state index in [0.717, 1.165) is 80.9 Å². The first-order chi connectivity index (χ1) is 18.3. The maximum absolute atomic E-state index is 13.3. The van der Waals surface area contributed by atoms with E-state index in [1.807, 2.05) is 18.2 Å². The molecule has 0 atom stereocenters. The van der Waals surface area contributed by atoms with Gasteiger partial charge in [-0.3, -0.25) is 4.90 Å². The van der Waals surface area contributed by atoms with Crippen LogP contribution in [0.1, 0.15) is 57.2 Å². The Morgan fingerprint density at radius 1 is 0.947 bits per heavy atom. The Labute approximate surface area is 227 Å². The first-order valence-electron chi connectivity index (χ1n) is 13.9. The molecule has 38 heavy (non-hydrogen) atoms. The summed E-state index contributed by atoms with van der Waals surface area (Å²) in [6, 6.07) is 16.5. The topological polar surface area (TPSA) is 62.8 Å². The van der Waals surface area contributed by atoms with Crippen molar-refractivity contribution in [3.63, 3.8) is 0 Å². The Balaban J connectivity index is 1.52. The minimum absolute atomic E-state index is 0.0462. The molecule has 1 saturated heterocycles. The van der Waals surface area contributed by atoms with E-state index in [1.165, 1.54) is 16.5 Å². The fraction of sp³-hybridized carbons (Fsp3) is 0.469. The van der Waals surface area contributed by atoms with Crippen molar-refractivity contribution in [2.75, 3.05) is 50.6 Å². The van der Waals surface area contributed by atoms with Crippen molar-refractivity contribution in [2.24, 2.45) is 0 Å². The molecule has 1 fully saturated rings. The summed E-state index contributed by atoms with van der Waals surface area (Å²) in [7, 11) is 1.67. The molecule has 6 heteroatoms. The number of benzene rings is 3. The summed E-state index contributed by atoms with van der Waals surface area (Å²) in [5, 5.41) is 8.42. The van der Waals surface area contributed by atoms with E-state index in [0.29, 0.717) is 5.69 Å². The fourth-order valence-electron chi connectivity index (χ4n) is 5.19. The minimum Gasteiger partial charge on any atom is -0.494 e. The number of methoxy groups -OCH3 is 1. The van der Waals surface area contributed by atoms with Crippen LogP contribution in [0.15, 0.2) is 48.5 Å². The van der Waals surface area contributed by atoms with Gasteiger partial charge in [0.2, 0.25) is 0 Å². The Bertz CT molecular complexity index is 1240. The zero-order valence-corrected chi connectivity index (χ0v) is 23.7. The lowest BCUT2D eigenvalue weighted by Crippen LogP contribution is -2.36. The van der Waals surface area contributed by atoms with Crippen molar-refractivity contribution in [3.05, 3.63) is 65.2 Å². The molecule has 2 amide bonds. The first-order valence-corrected chi connectivity index (χ1v) is 13.9. The molecular weight excluding hydrogens is 474 g/mol. The third kappa shape index (κ3) is 6.86. The third-order valence-corrected chi connectivity index (χ3v) is 7.29. The van der Waals surface area contributed by atoms with Crippen LogP contribution in [-0.4, -0.2) is 50.9 Å². The van der Waals surface area contributed by atoms with Crippen molar-refractivity contribution in [1.29, 1.82) is 0 Å². The standard InChI is InChI=1S/C32H43N3O3/c1-6-10-24-21-25(32(2,3)4)22-29(30(24)37-5)34-31(36)33-28-15-14-23(26-12-7-8-13-27(26)28)11-9-16-35-17-19-38-20-18-35/h7-8,12-15,21-22H,6,9-11,16-20H2,1-5H3,(H2,33,34,36). The molecule has 1 heterocycles. The largest absolute Gasteiger partial charge is 0.494 e. The van der Waals surface area contributed by atoms with Gasteiger partial charge < -0.3 is 20.1 Å². The van der Waals surface area contributed by atoms with Crippen molar-refractivity contribution in [3.8, 4) is 5.75 Å². The summed E-state index contributed by atoms with van der Waals surface area (Å²) in [5.41, 5.74) is 5.05. The molecule has 204 valence electrons. The van der Waals surface area contributed by atoms with E-state index in [1.54, 1.807) is 7.11 Å². The zero-order valence-electron chi connectivity index (χ0n) is 23.7. The van der Waals surface area contributed by atoms with E-state index in [4.69, 9.17) is 9.47 Å². The number of hydrogen-bond acceptors (Lipinski definition) is 4. The lowest BCUT2D eigenvalue weighted by Gasteiger charge is -2.26. The highest BCUT2D eigenvalue weighted by Gasteiger charge is 2.21. The number of hydrogen-bond donors (Lipinski definition) is 2. The number of nitrogens with zero attached hydrogens (tertiary/aromatic N) is 1. The smallest absolute Gasteiger partial charge is 0.323 e. The van der Waals surface area contributed by atoms with Gasteiger partial charge in [-0.25, -0.2) is 4.79 Å². The van der Waals surface area contributed by atoms with Crippen LogP contribution in [-0.2, 0) is 23.0 Å². The van der Waals surface area contributed by atoms with Gasteiger partial charge in [-0.1, -0.05) is 70.5 Å². The predicted molar refractivity (Wildman–Crippen MR) is 158 cm³/mol. The lowest BCUT2D eigenvalue weighted by atomic mass is 9.85.